The zero-order valence-corrected chi connectivity index (χ0v) is 11.8. The van der Waals surface area contributed by atoms with Crippen LogP contribution < -0.4 is 0 Å². The lowest BCUT2D eigenvalue weighted by Gasteiger charge is -2.21. The Morgan fingerprint density at radius 3 is 2.32 bits per heavy atom. The van der Waals surface area contributed by atoms with Crippen molar-refractivity contribution in [2.75, 3.05) is 13.7 Å². The molecule has 0 heterocycles. The molecule has 0 N–H and O–H groups in total. The maximum atomic E-state index is 12.0. The number of benzene rings is 1. The van der Waals surface area contributed by atoms with Gasteiger partial charge in [-0.3, -0.25) is 9.59 Å². The Labute approximate surface area is 113 Å². The van der Waals surface area contributed by atoms with Gasteiger partial charge in [0.1, 0.15) is 12.0 Å². The fourth-order valence-electron chi connectivity index (χ4n) is 1.57. The van der Waals surface area contributed by atoms with Gasteiger partial charge in [-0.05, 0) is 26.3 Å². The van der Waals surface area contributed by atoms with Crippen molar-refractivity contribution in [2.24, 2.45) is 5.41 Å². The first kappa shape index (κ1) is 15.4. The van der Waals surface area contributed by atoms with Gasteiger partial charge in [0.15, 0.2) is 5.78 Å². The van der Waals surface area contributed by atoms with Crippen LogP contribution in [0.4, 0.5) is 0 Å². The molecule has 1 aromatic carbocycles. The number of Topliss-reactive ketones (excluding diaryl/α,β-unsaturated/α-hetero) is 1. The Hall–Kier alpha value is -1.68. The highest BCUT2D eigenvalue weighted by Crippen LogP contribution is 2.21. The van der Waals surface area contributed by atoms with E-state index in [1.807, 2.05) is 37.3 Å². The van der Waals surface area contributed by atoms with E-state index in [-0.39, 0.29) is 18.5 Å². The molecule has 4 heteroatoms. The number of ketones is 1. The second-order valence-electron chi connectivity index (χ2n) is 4.90. The van der Waals surface area contributed by atoms with Gasteiger partial charge in [0.25, 0.3) is 0 Å². The largest absolute Gasteiger partial charge is 0.468 e. The first-order valence-electron chi connectivity index (χ1n) is 6.18. The monoisotopic (exact) mass is 264 g/mol. The van der Waals surface area contributed by atoms with Gasteiger partial charge in [-0.15, -0.1) is 0 Å². The second-order valence-corrected chi connectivity index (χ2v) is 4.90. The summed E-state index contributed by atoms with van der Waals surface area (Å²) in [6.45, 7) is 4.83. The number of rotatable bonds is 6. The fraction of sp³-hybridized carbons (Fsp3) is 0.467. The summed E-state index contributed by atoms with van der Waals surface area (Å²) in [6, 6.07) is 9.60. The van der Waals surface area contributed by atoms with Crippen molar-refractivity contribution in [3.05, 3.63) is 35.9 Å². The van der Waals surface area contributed by atoms with Crippen molar-refractivity contribution in [3.63, 3.8) is 0 Å². The summed E-state index contributed by atoms with van der Waals surface area (Å²) in [4.78, 5) is 23.5. The van der Waals surface area contributed by atoms with E-state index < -0.39 is 11.4 Å². The Kier molecular flexibility index (Phi) is 5.24. The molecule has 0 saturated heterocycles. The molecule has 1 aromatic rings. The molecule has 1 unspecified atom stereocenters. The van der Waals surface area contributed by atoms with E-state index in [4.69, 9.17) is 4.74 Å². The molecule has 4 nitrogen and oxygen atoms in total. The molecule has 0 bridgehead atoms. The van der Waals surface area contributed by atoms with E-state index in [1.54, 1.807) is 0 Å². The van der Waals surface area contributed by atoms with Crippen molar-refractivity contribution in [1.82, 2.24) is 0 Å². The molecule has 0 amide bonds. The van der Waals surface area contributed by atoms with Crippen LogP contribution in [0.3, 0.4) is 0 Å². The summed E-state index contributed by atoms with van der Waals surface area (Å²) in [5.41, 5.74) is -0.184. The Balaban J connectivity index is 2.58. The van der Waals surface area contributed by atoms with Crippen molar-refractivity contribution in [3.8, 4) is 0 Å². The molecule has 19 heavy (non-hydrogen) atoms. The predicted molar refractivity (Wildman–Crippen MR) is 71.6 cm³/mol. The molecule has 0 saturated carbocycles. The molecular weight excluding hydrogens is 244 g/mol. The summed E-state index contributed by atoms with van der Waals surface area (Å²) in [7, 11) is 1.27. The van der Waals surface area contributed by atoms with Gasteiger partial charge < -0.3 is 9.47 Å². The molecule has 0 spiro atoms. The van der Waals surface area contributed by atoms with Crippen LogP contribution in [0.1, 0.15) is 32.4 Å². The average Bonchev–Trinajstić information content (AvgIpc) is 2.44. The lowest BCUT2D eigenvalue weighted by atomic mass is 9.88. The van der Waals surface area contributed by atoms with Gasteiger partial charge in [-0.1, -0.05) is 30.3 Å². The Bertz CT molecular complexity index is 437. The Morgan fingerprint density at radius 1 is 1.21 bits per heavy atom. The van der Waals surface area contributed by atoms with Gasteiger partial charge in [0, 0.05) is 0 Å². The molecule has 1 rings (SSSR count). The normalized spacial score (nSPS) is 12.8. The van der Waals surface area contributed by atoms with E-state index >= 15 is 0 Å². The molecule has 104 valence electrons. The Morgan fingerprint density at radius 2 is 1.79 bits per heavy atom. The third-order valence-corrected chi connectivity index (χ3v) is 3.13. The summed E-state index contributed by atoms with van der Waals surface area (Å²) in [5.74, 6) is -0.837. The van der Waals surface area contributed by atoms with Crippen LogP contribution in [0.25, 0.3) is 0 Å². The average molecular weight is 264 g/mol. The summed E-state index contributed by atoms with van der Waals surface area (Å²) < 4.78 is 10.1. The summed E-state index contributed by atoms with van der Waals surface area (Å²) >= 11 is 0. The predicted octanol–water partition coefficient (Wildman–Crippen LogP) is 2.53. The number of ether oxygens (including phenoxy) is 2. The summed E-state index contributed by atoms with van der Waals surface area (Å²) in [5, 5.41) is 0. The molecule has 0 fully saturated rings. The highest BCUT2D eigenvalue weighted by atomic mass is 16.5. The maximum Gasteiger partial charge on any atom is 0.318 e. The third-order valence-electron chi connectivity index (χ3n) is 3.13. The van der Waals surface area contributed by atoms with Crippen molar-refractivity contribution in [2.45, 2.75) is 26.9 Å². The minimum absolute atomic E-state index is 0.113. The van der Waals surface area contributed by atoms with Gasteiger partial charge in [-0.2, -0.15) is 0 Å². The third kappa shape index (κ3) is 3.89. The summed E-state index contributed by atoms with van der Waals surface area (Å²) in [6.07, 6.45) is -0.196. The minimum Gasteiger partial charge on any atom is -0.468 e. The number of carbonyl (C=O) groups is 2. The molecule has 0 aliphatic rings. The lowest BCUT2D eigenvalue weighted by molar-refractivity contribution is -0.157. The van der Waals surface area contributed by atoms with Crippen LogP contribution in [0.2, 0.25) is 0 Å². The van der Waals surface area contributed by atoms with Gasteiger partial charge in [0.05, 0.1) is 13.2 Å². The molecular formula is C15H20O4. The standard InChI is InChI=1S/C15H20O4/c1-11(12-8-6-5-7-9-12)19-10-13(16)15(2,3)14(17)18-4/h5-9,11H,10H2,1-4H3. The fourth-order valence-corrected chi connectivity index (χ4v) is 1.57. The van der Waals surface area contributed by atoms with Crippen LogP contribution >= 0.6 is 0 Å². The van der Waals surface area contributed by atoms with Crippen LogP contribution in [-0.2, 0) is 19.1 Å². The number of esters is 1. The van der Waals surface area contributed by atoms with Crippen LogP contribution in [0.5, 0.6) is 0 Å². The second kappa shape index (κ2) is 6.48. The number of methoxy groups -OCH3 is 1. The van der Waals surface area contributed by atoms with Gasteiger partial charge >= 0.3 is 5.97 Å². The molecule has 0 aliphatic carbocycles. The van der Waals surface area contributed by atoms with E-state index in [0.717, 1.165) is 5.56 Å². The molecule has 0 aliphatic heterocycles. The van der Waals surface area contributed by atoms with Crippen molar-refractivity contribution < 1.29 is 19.1 Å². The first-order valence-corrected chi connectivity index (χ1v) is 6.18. The quantitative estimate of drug-likeness (QED) is 0.585. The molecule has 0 radical (unpaired) electrons. The lowest BCUT2D eigenvalue weighted by Crippen LogP contribution is -2.37. The van der Waals surface area contributed by atoms with E-state index in [2.05, 4.69) is 4.74 Å². The van der Waals surface area contributed by atoms with Gasteiger partial charge in [-0.25, -0.2) is 0 Å². The van der Waals surface area contributed by atoms with Crippen molar-refractivity contribution >= 4 is 11.8 Å². The first-order chi connectivity index (χ1) is 8.89. The molecule has 0 aromatic heterocycles. The smallest absolute Gasteiger partial charge is 0.318 e. The van der Waals surface area contributed by atoms with Crippen LogP contribution in [0, 0.1) is 5.41 Å². The highest BCUT2D eigenvalue weighted by Gasteiger charge is 2.37. The SMILES string of the molecule is COC(=O)C(C)(C)C(=O)COC(C)c1ccccc1. The van der Waals surface area contributed by atoms with Crippen molar-refractivity contribution in [1.29, 1.82) is 0 Å². The number of hydrogen-bond donors (Lipinski definition) is 0. The zero-order chi connectivity index (χ0) is 14.5. The number of carbonyl (C=O) groups excluding carboxylic acids is 2. The molecule has 1 atom stereocenters. The van der Waals surface area contributed by atoms with Crippen LogP contribution in [-0.4, -0.2) is 25.5 Å². The van der Waals surface area contributed by atoms with Crippen LogP contribution in [0.15, 0.2) is 30.3 Å². The zero-order valence-electron chi connectivity index (χ0n) is 11.8. The highest BCUT2D eigenvalue weighted by molar-refractivity contribution is 6.03. The minimum atomic E-state index is -1.18. The van der Waals surface area contributed by atoms with E-state index in [9.17, 15) is 9.59 Å². The van der Waals surface area contributed by atoms with E-state index in [0.29, 0.717) is 0 Å². The topological polar surface area (TPSA) is 52.6 Å². The van der Waals surface area contributed by atoms with Gasteiger partial charge in [0.2, 0.25) is 0 Å². The number of hydrogen-bond acceptors (Lipinski definition) is 4. The van der Waals surface area contributed by atoms with E-state index in [1.165, 1.54) is 21.0 Å². The maximum absolute atomic E-state index is 12.0.